The zero-order chi connectivity index (χ0) is 12.1. The third-order valence-corrected chi connectivity index (χ3v) is 2.46. The average molecular weight is 224 g/mol. The van der Waals surface area contributed by atoms with E-state index < -0.39 is 0 Å². The van der Waals surface area contributed by atoms with Gasteiger partial charge in [0.15, 0.2) is 0 Å². The van der Waals surface area contributed by atoms with Crippen molar-refractivity contribution in [3.8, 4) is 0 Å². The highest BCUT2D eigenvalue weighted by Gasteiger charge is 1.97. The Labute approximate surface area is 101 Å². The first-order chi connectivity index (χ1) is 8.29. The van der Waals surface area contributed by atoms with E-state index in [1.54, 1.807) is 0 Å². The Kier molecular flexibility index (Phi) is 3.55. The molecule has 0 unspecified atom stereocenters. The van der Waals surface area contributed by atoms with Crippen LogP contribution in [0.1, 0.15) is 19.7 Å². The average Bonchev–Trinajstić information content (AvgIpc) is 2.76. The molecule has 17 heavy (non-hydrogen) atoms. The van der Waals surface area contributed by atoms with Crippen LogP contribution < -0.4 is 0 Å². The number of fused-ring (bicyclic) bond motifs is 1. The molecule has 1 aromatic heterocycles. The van der Waals surface area contributed by atoms with Gasteiger partial charge in [-0.3, -0.25) is 0 Å². The van der Waals surface area contributed by atoms with Gasteiger partial charge in [-0.05, 0) is 32.1 Å². The van der Waals surface area contributed by atoms with E-state index in [4.69, 9.17) is 0 Å². The van der Waals surface area contributed by atoms with Gasteiger partial charge in [0, 0.05) is 0 Å². The minimum atomic E-state index is 0.888. The van der Waals surface area contributed by atoms with Crippen LogP contribution in [0.4, 0.5) is 0 Å². The van der Waals surface area contributed by atoms with Gasteiger partial charge in [0.1, 0.15) is 5.82 Å². The van der Waals surface area contributed by atoms with Crippen LogP contribution in [0.5, 0.6) is 0 Å². The highest BCUT2D eigenvalue weighted by molar-refractivity contribution is 5.76. The molecule has 2 heteroatoms. The van der Waals surface area contributed by atoms with Crippen molar-refractivity contribution >= 4 is 17.1 Å². The zero-order valence-electron chi connectivity index (χ0n) is 10.1. The molecule has 2 rings (SSSR count). The summed E-state index contributed by atoms with van der Waals surface area (Å²) in [5, 5.41) is 0. The minimum absolute atomic E-state index is 0.888. The van der Waals surface area contributed by atoms with Gasteiger partial charge in [-0.1, -0.05) is 42.0 Å². The largest absolute Gasteiger partial charge is 0.338 e. The number of allylic oxidation sites excluding steroid dienone is 5. The lowest BCUT2D eigenvalue weighted by atomic mass is 10.2. The molecule has 0 saturated carbocycles. The molecule has 0 atom stereocenters. The Morgan fingerprint density at radius 1 is 1.29 bits per heavy atom. The number of para-hydroxylation sites is 2. The molecular formula is C15H16N2. The summed E-state index contributed by atoms with van der Waals surface area (Å²) in [5.74, 6) is 0.888. The van der Waals surface area contributed by atoms with Crippen molar-refractivity contribution in [2.45, 2.75) is 13.8 Å². The normalized spacial score (nSPS) is 13.2. The van der Waals surface area contributed by atoms with Crippen molar-refractivity contribution in [1.82, 2.24) is 9.97 Å². The summed E-state index contributed by atoms with van der Waals surface area (Å²) >= 11 is 0. The second-order valence-electron chi connectivity index (χ2n) is 3.91. The Morgan fingerprint density at radius 3 is 2.88 bits per heavy atom. The maximum absolute atomic E-state index is 4.48. The molecule has 0 saturated heterocycles. The first-order valence-electron chi connectivity index (χ1n) is 5.72. The molecule has 1 aromatic carbocycles. The van der Waals surface area contributed by atoms with Gasteiger partial charge in [0.05, 0.1) is 11.0 Å². The predicted octanol–water partition coefficient (Wildman–Crippen LogP) is 4.10. The van der Waals surface area contributed by atoms with E-state index in [0.717, 1.165) is 16.9 Å². The molecule has 0 bridgehead atoms. The van der Waals surface area contributed by atoms with Crippen LogP contribution in [-0.4, -0.2) is 9.97 Å². The van der Waals surface area contributed by atoms with E-state index in [9.17, 15) is 0 Å². The van der Waals surface area contributed by atoms with Gasteiger partial charge in [-0.25, -0.2) is 4.98 Å². The van der Waals surface area contributed by atoms with E-state index >= 15 is 0 Å². The fourth-order valence-corrected chi connectivity index (χ4v) is 1.57. The van der Waals surface area contributed by atoms with Gasteiger partial charge in [0.25, 0.3) is 0 Å². The number of aromatic amines is 1. The topological polar surface area (TPSA) is 28.7 Å². The van der Waals surface area contributed by atoms with Gasteiger partial charge < -0.3 is 4.98 Å². The maximum atomic E-state index is 4.48. The Balaban J connectivity index is 2.21. The molecule has 1 N–H and O–H groups in total. The summed E-state index contributed by atoms with van der Waals surface area (Å²) in [6.45, 7) is 4.08. The zero-order valence-corrected chi connectivity index (χ0v) is 10.1. The second kappa shape index (κ2) is 5.30. The van der Waals surface area contributed by atoms with Gasteiger partial charge in [-0.15, -0.1) is 0 Å². The number of nitrogens with one attached hydrogen (secondary N) is 1. The lowest BCUT2D eigenvalue weighted by Gasteiger charge is -1.87. The minimum Gasteiger partial charge on any atom is -0.338 e. The van der Waals surface area contributed by atoms with E-state index in [2.05, 4.69) is 29.0 Å². The van der Waals surface area contributed by atoms with Crippen molar-refractivity contribution in [1.29, 1.82) is 0 Å². The number of H-pyrrole nitrogens is 1. The van der Waals surface area contributed by atoms with E-state index in [0.29, 0.717) is 0 Å². The summed E-state index contributed by atoms with van der Waals surface area (Å²) in [5.41, 5.74) is 3.27. The number of hydrogen-bond donors (Lipinski definition) is 1. The van der Waals surface area contributed by atoms with E-state index in [-0.39, 0.29) is 0 Å². The van der Waals surface area contributed by atoms with Crippen LogP contribution in [0.2, 0.25) is 0 Å². The monoisotopic (exact) mass is 224 g/mol. The molecule has 0 aliphatic heterocycles. The number of benzene rings is 1. The summed E-state index contributed by atoms with van der Waals surface area (Å²) in [4.78, 5) is 7.74. The van der Waals surface area contributed by atoms with Crippen molar-refractivity contribution in [2.24, 2.45) is 0 Å². The van der Waals surface area contributed by atoms with E-state index in [1.807, 2.05) is 49.4 Å². The number of imidazole rings is 1. The van der Waals surface area contributed by atoms with Crippen LogP contribution in [0.3, 0.4) is 0 Å². The fraction of sp³-hybridized carbons (Fsp3) is 0.133. The highest BCUT2D eigenvalue weighted by atomic mass is 14.9. The highest BCUT2D eigenvalue weighted by Crippen LogP contribution is 2.11. The molecule has 0 amide bonds. The van der Waals surface area contributed by atoms with Crippen LogP contribution in [0.25, 0.3) is 17.1 Å². The molecule has 0 fully saturated rings. The molecule has 0 spiro atoms. The molecule has 0 aliphatic carbocycles. The smallest absolute Gasteiger partial charge is 0.131 e. The molecule has 2 nitrogen and oxygen atoms in total. The summed E-state index contributed by atoms with van der Waals surface area (Å²) in [6, 6.07) is 8.03. The summed E-state index contributed by atoms with van der Waals surface area (Å²) in [7, 11) is 0. The maximum Gasteiger partial charge on any atom is 0.131 e. The number of aromatic nitrogens is 2. The molecule has 0 radical (unpaired) electrons. The van der Waals surface area contributed by atoms with E-state index in [1.165, 1.54) is 5.57 Å². The molecule has 0 aliphatic rings. The molecule has 1 heterocycles. The van der Waals surface area contributed by atoms with Crippen LogP contribution >= 0.6 is 0 Å². The van der Waals surface area contributed by atoms with Crippen molar-refractivity contribution in [3.05, 3.63) is 60.0 Å². The third-order valence-electron chi connectivity index (χ3n) is 2.46. The van der Waals surface area contributed by atoms with Crippen LogP contribution in [0.15, 0.2) is 54.1 Å². The standard InChI is InChI=1S/C15H16N2/c1-3-4-7-12(2)10-11-15-16-13-8-5-6-9-14(13)17-15/h3-11H,1-2H3,(H,16,17)/b4-3-,11-10+,12-7+. The van der Waals surface area contributed by atoms with Crippen LogP contribution in [0, 0.1) is 0 Å². The third kappa shape index (κ3) is 2.94. The Bertz CT molecular complexity index is 553. The quantitative estimate of drug-likeness (QED) is 0.781. The first-order valence-corrected chi connectivity index (χ1v) is 5.72. The summed E-state index contributed by atoms with van der Waals surface area (Å²) < 4.78 is 0. The lowest BCUT2D eigenvalue weighted by Crippen LogP contribution is -1.74. The Morgan fingerprint density at radius 2 is 2.12 bits per heavy atom. The number of rotatable bonds is 3. The first kappa shape index (κ1) is 11.4. The van der Waals surface area contributed by atoms with Gasteiger partial charge in [0.2, 0.25) is 0 Å². The number of nitrogens with zero attached hydrogens (tertiary/aromatic N) is 1. The second-order valence-corrected chi connectivity index (χ2v) is 3.91. The van der Waals surface area contributed by atoms with Crippen molar-refractivity contribution < 1.29 is 0 Å². The predicted molar refractivity (Wildman–Crippen MR) is 73.7 cm³/mol. The fourth-order valence-electron chi connectivity index (χ4n) is 1.57. The Hall–Kier alpha value is -2.09. The molecular weight excluding hydrogens is 208 g/mol. The molecule has 2 aromatic rings. The van der Waals surface area contributed by atoms with Crippen molar-refractivity contribution in [2.75, 3.05) is 0 Å². The summed E-state index contributed by atoms with van der Waals surface area (Å²) in [6.07, 6.45) is 10.2. The van der Waals surface area contributed by atoms with Crippen molar-refractivity contribution in [3.63, 3.8) is 0 Å². The SMILES string of the molecule is C\C=C/C=C(C)/C=C/c1nc2ccccc2[nH]1. The van der Waals surface area contributed by atoms with Gasteiger partial charge in [-0.2, -0.15) is 0 Å². The number of hydrogen-bond acceptors (Lipinski definition) is 1. The molecule has 86 valence electrons. The lowest BCUT2D eigenvalue weighted by molar-refractivity contribution is 1.29. The van der Waals surface area contributed by atoms with Gasteiger partial charge >= 0.3 is 0 Å². The van der Waals surface area contributed by atoms with Crippen LogP contribution in [-0.2, 0) is 0 Å².